The van der Waals surface area contributed by atoms with Crippen LogP contribution in [0, 0.1) is 0 Å². The zero-order chi connectivity index (χ0) is 22.6. The van der Waals surface area contributed by atoms with Crippen LogP contribution in [0.2, 0.25) is 0 Å². The molecule has 0 amide bonds. The van der Waals surface area contributed by atoms with Crippen LogP contribution < -0.4 is 20.9 Å². The molecule has 3 aromatic rings. The van der Waals surface area contributed by atoms with Crippen LogP contribution in [0.4, 0.5) is 0 Å². The Hall–Kier alpha value is -4.13. The number of fused-ring (bicyclic) bond motifs is 1. The standard InChI is InChI=1S/C25H25N5O2/c1-25(2)11-10-18-13-20(8-9-22(18)32-25)23(29-30-24(26)27)19-6-3-7-21(14-19)31-16-17-5-4-12-28-15-17/h3-15H,16H2,1-2H3,(H4,26,27,30)/b29-23+. The van der Waals surface area contributed by atoms with E-state index in [0.29, 0.717) is 18.1 Å². The van der Waals surface area contributed by atoms with Gasteiger partial charge in [0.25, 0.3) is 0 Å². The summed E-state index contributed by atoms with van der Waals surface area (Å²) in [5.41, 5.74) is 15.0. The summed E-state index contributed by atoms with van der Waals surface area (Å²) in [5, 5.41) is 8.22. The van der Waals surface area contributed by atoms with Gasteiger partial charge in [-0.3, -0.25) is 4.98 Å². The summed E-state index contributed by atoms with van der Waals surface area (Å²) in [7, 11) is 0. The molecule has 1 aliphatic heterocycles. The Kier molecular flexibility index (Phi) is 5.89. The molecule has 0 atom stereocenters. The van der Waals surface area contributed by atoms with Crippen molar-refractivity contribution in [2.45, 2.75) is 26.1 Å². The maximum Gasteiger partial charge on any atom is 0.211 e. The molecule has 0 saturated carbocycles. The zero-order valence-corrected chi connectivity index (χ0v) is 18.0. The SMILES string of the molecule is CC1(C)C=Cc2cc(/C(=N/N=C(N)N)c3cccc(OCc4cccnc4)c3)ccc2O1. The second-order valence-corrected chi connectivity index (χ2v) is 7.94. The van der Waals surface area contributed by atoms with Gasteiger partial charge in [0.1, 0.15) is 29.4 Å². The molecule has 7 nitrogen and oxygen atoms in total. The molecular formula is C25H25N5O2. The van der Waals surface area contributed by atoms with Crippen LogP contribution in [0.15, 0.2) is 83.3 Å². The Morgan fingerprint density at radius 3 is 2.66 bits per heavy atom. The average Bonchev–Trinajstić information content (AvgIpc) is 2.78. The quantitative estimate of drug-likeness (QED) is 0.353. The van der Waals surface area contributed by atoms with E-state index in [0.717, 1.165) is 28.0 Å². The third-order valence-corrected chi connectivity index (χ3v) is 4.82. The summed E-state index contributed by atoms with van der Waals surface area (Å²) in [6, 6.07) is 17.4. The number of pyridine rings is 1. The van der Waals surface area contributed by atoms with Gasteiger partial charge < -0.3 is 20.9 Å². The van der Waals surface area contributed by atoms with Crippen LogP contribution in [0.5, 0.6) is 11.5 Å². The molecule has 0 spiro atoms. The molecular weight excluding hydrogens is 402 g/mol. The molecule has 4 N–H and O–H groups in total. The van der Waals surface area contributed by atoms with E-state index in [1.807, 2.05) is 80.6 Å². The molecule has 0 aliphatic carbocycles. The largest absolute Gasteiger partial charge is 0.489 e. The van der Waals surface area contributed by atoms with Crippen molar-refractivity contribution in [3.8, 4) is 11.5 Å². The number of aromatic nitrogens is 1. The van der Waals surface area contributed by atoms with Crippen molar-refractivity contribution in [1.29, 1.82) is 0 Å². The first-order valence-electron chi connectivity index (χ1n) is 10.2. The molecule has 7 heteroatoms. The van der Waals surface area contributed by atoms with Gasteiger partial charge in [0.2, 0.25) is 5.96 Å². The first-order chi connectivity index (χ1) is 15.4. The van der Waals surface area contributed by atoms with Gasteiger partial charge in [0, 0.05) is 34.6 Å². The van der Waals surface area contributed by atoms with E-state index < -0.39 is 0 Å². The molecule has 0 saturated heterocycles. The van der Waals surface area contributed by atoms with Crippen molar-refractivity contribution in [2.75, 3.05) is 0 Å². The summed E-state index contributed by atoms with van der Waals surface area (Å²) in [6.45, 7) is 4.44. The highest BCUT2D eigenvalue weighted by molar-refractivity contribution is 6.13. The van der Waals surface area contributed by atoms with Gasteiger partial charge in [-0.2, -0.15) is 0 Å². The van der Waals surface area contributed by atoms with E-state index in [9.17, 15) is 0 Å². The second-order valence-electron chi connectivity index (χ2n) is 7.94. The van der Waals surface area contributed by atoms with Crippen molar-refractivity contribution >= 4 is 17.7 Å². The Morgan fingerprint density at radius 2 is 1.88 bits per heavy atom. The predicted octanol–water partition coefficient (Wildman–Crippen LogP) is 3.87. The maximum atomic E-state index is 6.03. The van der Waals surface area contributed by atoms with E-state index in [-0.39, 0.29) is 11.6 Å². The fourth-order valence-electron chi connectivity index (χ4n) is 3.30. The number of hydrogen-bond acceptors (Lipinski definition) is 5. The van der Waals surface area contributed by atoms with Crippen LogP contribution in [0.25, 0.3) is 6.08 Å². The van der Waals surface area contributed by atoms with Crippen LogP contribution in [0.1, 0.15) is 36.1 Å². The van der Waals surface area contributed by atoms with Crippen molar-refractivity contribution in [3.05, 3.63) is 95.3 Å². The summed E-state index contributed by atoms with van der Waals surface area (Å²) in [6.07, 6.45) is 7.59. The van der Waals surface area contributed by atoms with Crippen molar-refractivity contribution < 1.29 is 9.47 Å². The van der Waals surface area contributed by atoms with Gasteiger partial charge in [-0.1, -0.05) is 24.3 Å². The van der Waals surface area contributed by atoms with Gasteiger partial charge in [-0.05, 0) is 56.3 Å². The lowest BCUT2D eigenvalue weighted by molar-refractivity contribution is 0.159. The van der Waals surface area contributed by atoms with Gasteiger partial charge in [0.05, 0.1) is 0 Å². The van der Waals surface area contributed by atoms with Gasteiger partial charge in [-0.15, -0.1) is 10.2 Å². The molecule has 1 aliphatic rings. The van der Waals surface area contributed by atoms with Crippen molar-refractivity contribution in [2.24, 2.45) is 21.7 Å². The Labute approximate surface area is 187 Å². The molecule has 2 heterocycles. The van der Waals surface area contributed by atoms with Gasteiger partial charge >= 0.3 is 0 Å². The van der Waals surface area contributed by atoms with Gasteiger partial charge in [-0.25, -0.2) is 0 Å². The molecule has 2 aromatic carbocycles. The van der Waals surface area contributed by atoms with E-state index in [1.54, 1.807) is 12.4 Å². The summed E-state index contributed by atoms with van der Waals surface area (Å²) < 4.78 is 12.0. The fourth-order valence-corrected chi connectivity index (χ4v) is 3.30. The molecule has 0 radical (unpaired) electrons. The predicted molar refractivity (Wildman–Crippen MR) is 127 cm³/mol. The van der Waals surface area contributed by atoms with E-state index >= 15 is 0 Å². The van der Waals surface area contributed by atoms with E-state index in [2.05, 4.69) is 15.2 Å². The third-order valence-electron chi connectivity index (χ3n) is 4.82. The third kappa shape index (κ3) is 5.13. The number of guanidine groups is 1. The minimum Gasteiger partial charge on any atom is -0.489 e. The number of ether oxygens (including phenoxy) is 2. The maximum absolute atomic E-state index is 6.03. The molecule has 162 valence electrons. The number of rotatable bonds is 6. The molecule has 1 aromatic heterocycles. The minimum atomic E-state index is -0.344. The Bertz CT molecular complexity index is 1200. The average molecular weight is 428 g/mol. The lowest BCUT2D eigenvalue weighted by Crippen LogP contribution is -2.27. The smallest absolute Gasteiger partial charge is 0.211 e. The summed E-state index contributed by atoms with van der Waals surface area (Å²) in [4.78, 5) is 4.11. The first-order valence-corrected chi connectivity index (χ1v) is 10.2. The minimum absolute atomic E-state index is 0.116. The molecule has 0 unspecified atom stereocenters. The molecule has 0 bridgehead atoms. The number of nitrogens with zero attached hydrogens (tertiary/aromatic N) is 3. The second kappa shape index (κ2) is 8.93. The molecule has 4 rings (SSSR count). The fraction of sp³-hybridized carbons (Fsp3) is 0.160. The topological polar surface area (TPSA) is 108 Å². The lowest BCUT2D eigenvalue weighted by Gasteiger charge is -2.28. The molecule has 32 heavy (non-hydrogen) atoms. The highest BCUT2D eigenvalue weighted by atomic mass is 16.5. The van der Waals surface area contributed by atoms with E-state index in [1.165, 1.54) is 0 Å². The van der Waals surface area contributed by atoms with Gasteiger partial charge in [0.15, 0.2) is 0 Å². The highest BCUT2D eigenvalue weighted by Crippen LogP contribution is 2.32. The lowest BCUT2D eigenvalue weighted by atomic mass is 9.97. The highest BCUT2D eigenvalue weighted by Gasteiger charge is 2.22. The first kappa shape index (κ1) is 21.1. The van der Waals surface area contributed by atoms with Crippen LogP contribution in [-0.2, 0) is 6.61 Å². The number of hydrogen-bond donors (Lipinski definition) is 2. The normalized spacial score (nSPS) is 14.2. The van der Waals surface area contributed by atoms with Crippen molar-refractivity contribution in [1.82, 2.24) is 4.98 Å². The summed E-state index contributed by atoms with van der Waals surface area (Å²) in [5.74, 6) is 1.40. The zero-order valence-electron chi connectivity index (χ0n) is 18.0. The van der Waals surface area contributed by atoms with Crippen molar-refractivity contribution in [3.63, 3.8) is 0 Å². The number of nitrogens with two attached hydrogens (primary N) is 2. The summed E-state index contributed by atoms with van der Waals surface area (Å²) >= 11 is 0. The monoisotopic (exact) mass is 427 g/mol. The Morgan fingerprint density at radius 1 is 1.03 bits per heavy atom. The number of benzene rings is 2. The Balaban J connectivity index is 1.66. The van der Waals surface area contributed by atoms with Crippen LogP contribution in [-0.4, -0.2) is 22.3 Å². The van der Waals surface area contributed by atoms with Crippen LogP contribution in [0.3, 0.4) is 0 Å². The molecule has 0 fully saturated rings. The van der Waals surface area contributed by atoms with E-state index in [4.69, 9.17) is 20.9 Å². The van der Waals surface area contributed by atoms with Crippen LogP contribution >= 0.6 is 0 Å².